The summed E-state index contributed by atoms with van der Waals surface area (Å²) >= 11 is 3.26. The monoisotopic (exact) mass is 301 g/mol. The minimum atomic E-state index is -0.374. The molecule has 92 valence electrons. The number of hydrogen-bond acceptors (Lipinski definition) is 2. The second-order valence-corrected chi connectivity index (χ2v) is 4.87. The Hall–Kier alpha value is -0.940. The third kappa shape index (κ3) is 3.51. The number of carbonyl (C=O) groups is 1. The number of amides is 1. The summed E-state index contributed by atoms with van der Waals surface area (Å²) in [6, 6.07) is 4.19. The van der Waals surface area contributed by atoms with E-state index in [-0.39, 0.29) is 17.8 Å². The van der Waals surface area contributed by atoms with Gasteiger partial charge in [-0.2, -0.15) is 0 Å². The molecule has 0 radical (unpaired) electrons. The van der Waals surface area contributed by atoms with E-state index in [1.807, 2.05) is 0 Å². The average Bonchev–Trinajstić information content (AvgIpc) is 2.76. The zero-order valence-electron chi connectivity index (χ0n) is 9.21. The molecule has 0 aliphatic carbocycles. The van der Waals surface area contributed by atoms with E-state index in [0.29, 0.717) is 16.6 Å². The molecule has 5 heteroatoms. The quantitative estimate of drug-likeness (QED) is 0.932. The van der Waals surface area contributed by atoms with E-state index >= 15 is 0 Å². The summed E-state index contributed by atoms with van der Waals surface area (Å²) in [5.41, 5.74) is 0.452. The van der Waals surface area contributed by atoms with Gasteiger partial charge < -0.3 is 10.1 Å². The van der Waals surface area contributed by atoms with Crippen molar-refractivity contribution in [3.63, 3.8) is 0 Å². The van der Waals surface area contributed by atoms with Crippen molar-refractivity contribution in [2.24, 2.45) is 0 Å². The second-order valence-electron chi connectivity index (χ2n) is 4.01. The highest BCUT2D eigenvalue weighted by atomic mass is 79.9. The van der Waals surface area contributed by atoms with E-state index in [2.05, 4.69) is 21.2 Å². The van der Waals surface area contributed by atoms with Crippen molar-refractivity contribution in [1.82, 2.24) is 0 Å². The molecule has 1 N–H and O–H groups in total. The summed E-state index contributed by atoms with van der Waals surface area (Å²) in [6.45, 7) is 0.724. The molecule has 1 atom stereocenters. The average molecular weight is 302 g/mol. The maximum absolute atomic E-state index is 13.0. The Morgan fingerprint density at radius 1 is 1.59 bits per heavy atom. The van der Waals surface area contributed by atoms with Crippen LogP contribution in [0.15, 0.2) is 22.7 Å². The number of hydrogen-bond donors (Lipinski definition) is 1. The van der Waals surface area contributed by atoms with Crippen molar-refractivity contribution in [2.75, 3.05) is 11.9 Å². The predicted molar refractivity (Wildman–Crippen MR) is 66.3 cm³/mol. The van der Waals surface area contributed by atoms with E-state index in [9.17, 15) is 9.18 Å². The van der Waals surface area contributed by atoms with Gasteiger partial charge in [-0.15, -0.1) is 0 Å². The summed E-state index contributed by atoms with van der Waals surface area (Å²) in [5, 5.41) is 2.67. The zero-order chi connectivity index (χ0) is 12.3. The molecule has 1 fully saturated rings. The Morgan fingerprint density at radius 3 is 3.12 bits per heavy atom. The lowest BCUT2D eigenvalue weighted by Crippen LogP contribution is -2.19. The first-order valence-electron chi connectivity index (χ1n) is 5.51. The Balaban J connectivity index is 1.95. The van der Waals surface area contributed by atoms with Gasteiger partial charge in [0.2, 0.25) is 5.91 Å². The van der Waals surface area contributed by atoms with Gasteiger partial charge in [0.1, 0.15) is 5.82 Å². The van der Waals surface area contributed by atoms with Gasteiger partial charge in [-0.3, -0.25) is 4.79 Å². The van der Waals surface area contributed by atoms with Gasteiger partial charge in [0, 0.05) is 11.1 Å². The van der Waals surface area contributed by atoms with Crippen molar-refractivity contribution in [2.45, 2.75) is 25.4 Å². The smallest absolute Gasteiger partial charge is 0.227 e. The molecule has 0 aromatic heterocycles. The largest absolute Gasteiger partial charge is 0.378 e. The molecule has 1 aliphatic heterocycles. The number of nitrogens with one attached hydrogen (secondary N) is 1. The maximum Gasteiger partial charge on any atom is 0.227 e. The van der Waals surface area contributed by atoms with Crippen LogP contribution in [-0.2, 0) is 9.53 Å². The van der Waals surface area contributed by atoms with Gasteiger partial charge in [-0.05, 0) is 47.0 Å². The maximum atomic E-state index is 13.0. The fraction of sp³-hybridized carbons (Fsp3) is 0.417. The molecule has 0 bridgehead atoms. The molecule has 0 spiro atoms. The highest BCUT2D eigenvalue weighted by molar-refractivity contribution is 9.10. The van der Waals surface area contributed by atoms with Crippen LogP contribution in [0, 0.1) is 5.82 Å². The molecule has 1 heterocycles. The molecule has 17 heavy (non-hydrogen) atoms. The van der Waals surface area contributed by atoms with Crippen LogP contribution in [0.4, 0.5) is 10.1 Å². The molecule has 3 nitrogen and oxygen atoms in total. The fourth-order valence-electron chi connectivity index (χ4n) is 1.81. The van der Waals surface area contributed by atoms with Crippen LogP contribution in [0.5, 0.6) is 0 Å². The molecule has 1 aliphatic rings. The number of halogens is 2. The lowest BCUT2D eigenvalue weighted by molar-refractivity contribution is -0.118. The Bertz CT molecular complexity index is 419. The van der Waals surface area contributed by atoms with Crippen molar-refractivity contribution < 1.29 is 13.9 Å². The van der Waals surface area contributed by atoms with Crippen molar-refractivity contribution in [1.29, 1.82) is 0 Å². The van der Waals surface area contributed by atoms with Crippen molar-refractivity contribution in [3.05, 3.63) is 28.5 Å². The highest BCUT2D eigenvalue weighted by Gasteiger charge is 2.19. The van der Waals surface area contributed by atoms with Crippen LogP contribution in [0.25, 0.3) is 0 Å². The van der Waals surface area contributed by atoms with E-state index in [0.717, 1.165) is 19.4 Å². The molecule has 0 saturated carbocycles. The SMILES string of the molecule is O=C(CC1CCCO1)Nc1cc(F)ccc1Br. The molecule has 1 aromatic carbocycles. The summed E-state index contributed by atoms with van der Waals surface area (Å²) < 4.78 is 19.0. The van der Waals surface area contributed by atoms with Gasteiger partial charge in [0.25, 0.3) is 0 Å². The zero-order valence-corrected chi connectivity index (χ0v) is 10.8. The lowest BCUT2D eigenvalue weighted by Gasteiger charge is -2.11. The minimum absolute atomic E-state index is 0.00216. The van der Waals surface area contributed by atoms with Crippen LogP contribution >= 0.6 is 15.9 Å². The van der Waals surface area contributed by atoms with E-state index in [1.165, 1.54) is 12.1 Å². The fourth-order valence-corrected chi connectivity index (χ4v) is 2.15. The highest BCUT2D eigenvalue weighted by Crippen LogP contribution is 2.24. The van der Waals surface area contributed by atoms with E-state index < -0.39 is 0 Å². The Labute approximate surface area is 107 Å². The van der Waals surface area contributed by atoms with Gasteiger partial charge in [0.05, 0.1) is 18.2 Å². The summed E-state index contributed by atoms with van der Waals surface area (Å²) in [6.07, 6.45) is 2.24. The molecule has 2 rings (SSSR count). The van der Waals surface area contributed by atoms with Crippen molar-refractivity contribution in [3.8, 4) is 0 Å². The Kier molecular flexibility index (Phi) is 4.12. The van der Waals surface area contributed by atoms with Crippen LogP contribution in [0.3, 0.4) is 0 Å². The van der Waals surface area contributed by atoms with Gasteiger partial charge >= 0.3 is 0 Å². The minimum Gasteiger partial charge on any atom is -0.378 e. The van der Waals surface area contributed by atoms with E-state index in [4.69, 9.17) is 4.74 Å². The number of benzene rings is 1. The molecular weight excluding hydrogens is 289 g/mol. The van der Waals surface area contributed by atoms with Gasteiger partial charge in [0.15, 0.2) is 0 Å². The van der Waals surface area contributed by atoms with Crippen LogP contribution < -0.4 is 5.32 Å². The third-order valence-electron chi connectivity index (χ3n) is 2.64. The second kappa shape index (κ2) is 5.60. The summed E-state index contributed by atoms with van der Waals surface area (Å²) in [5.74, 6) is -0.524. The van der Waals surface area contributed by atoms with Gasteiger partial charge in [-0.1, -0.05) is 0 Å². The molecule has 1 amide bonds. The standard InChI is InChI=1S/C12H13BrFNO2/c13-10-4-3-8(14)6-11(10)15-12(16)7-9-2-1-5-17-9/h3-4,6,9H,1-2,5,7H2,(H,15,16). The summed E-state index contributed by atoms with van der Waals surface area (Å²) in [7, 11) is 0. The van der Waals surface area contributed by atoms with Crippen LogP contribution in [-0.4, -0.2) is 18.6 Å². The van der Waals surface area contributed by atoms with Gasteiger partial charge in [-0.25, -0.2) is 4.39 Å². The number of anilines is 1. The first-order chi connectivity index (χ1) is 8.15. The molecule has 1 aromatic rings. The Morgan fingerprint density at radius 2 is 2.41 bits per heavy atom. The third-order valence-corrected chi connectivity index (χ3v) is 3.33. The van der Waals surface area contributed by atoms with Crippen LogP contribution in [0.1, 0.15) is 19.3 Å². The van der Waals surface area contributed by atoms with Crippen molar-refractivity contribution >= 4 is 27.5 Å². The number of carbonyl (C=O) groups excluding carboxylic acids is 1. The molecule has 1 unspecified atom stereocenters. The predicted octanol–water partition coefficient (Wildman–Crippen LogP) is 3.10. The molecule has 1 saturated heterocycles. The summed E-state index contributed by atoms with van der Waals surface area (Å²) in [4.78, 5) is 11.7. The van der Waals surface area contributed by atoms with E-state index in [1.54, 1.807) is 6.07 Å². The van der Waals surface area contributed by atoms with Crippen LogP contribution in [0.2, 0.25) is 0 Å². The lowest BCUT2D eigenvalue weighted by atomic mass is 10.2. The molecular formula is C12H13BrFNO2. The number of rotatable bonds is 3. The normalized spacial score (nSPS) is 19.3. The number of ether oxygens (including phenoxy) is 1. The topological polar surface area (TPSA) is 38.3 Å². The first-order valence-corrected chi connectivity index (χ1v) is 6.31. The first kappa shape index (κ1) is 12.5.